The first-order valence-corrected chi connectivity index (χ1v) is 10.6. The third kappa shape index (κ3) is 3.92. The summed E-state index contributed by atoms with van der Waals surface area (Å²) in [6.07, 6.45) is 0.944. The molecule has 2 amide bonds. The second kappa shape index (κ2) is 7.52. The molecule has 0 aromatic heterocycles. The molecule has 1 N–H and O–H groups in total. The van der Waals surface area contributed by atoms with E-state index in [4.69, 9.17) is 0 Å². The number of carboxylic acid groups (broad SMARTS) is 1. The Balaban J connectivity index is 1.53. The molecule has 29 heavy (non-hydrogen) atoms. The van der Waals surface area contributed by atoms with Crippen molar-refractivity contribution in [2.75, 3.05) is 51.2 Å². The lowest BCUT2D eigenvalue weighted by Gasteiger charge is -2.45. The molecular formula is C22H32N4O3. The van der Waals surface area contributed by atoms with Crippen LogP contribution in [0.1, 0.15) is 38.3 Å². The Morgan fingerprint density at radius 3 is 2.17 bits per heavy atom. The van der Waals surface area contributed by atoms with Crippen molar-refractivity contribution in [3.63, 3.8) is 0 Å². The molecule has 3 aliphatic rings. The first-order valence-electron chi connectivity index (χ1n) is 10.6. The summed E-state index contributed by atoms with van der Waals surface area (Å²) in [7, 11) is 2.14. The zero-order chi connectivity index (χ0) is 20.8. The zero-order valence-electron chi connectivity index (χ0n) is 17.7. The largest absolute Gasteiger partial charge is 0.465 e. The summed E-state index contributed by atoms with van der Waals surface area (Å²) in [5.41, 5.74) is 1.89. The second-order valence-electron chi connectivity index (χ2n) is 9.20. The highest BCUT2D eigenvalue weighted by Gasteiger charge is 2.50. The maximum atomic E-state index is 13.0. The van der Waals surface area contributed by atoms with Crippen LogP contribution in [0.5, 0.6) is 0 Å². The first-order chi connectivity index (χ1) is 13.8. The number of anilines is 1. The van der Waals surface area contributed by atoms with Crippen LogP contribution >= 0.6 is 0 Å². The van der Waals surface area contributed by atoms with E-state index in [0.717, 1.165) is 44.6 Å². The minimum atomic E-state index is -0.922. The molecule has 7 heteroatoms. The highest BCUT2D eigenvalue weighted by atomic mass is 16.4. The summed E-state index contributed by atoms with van der Waals surface area (Å²) < 4.78 is 0. The molecule has 7 nitrogen and oxygen atoms in total. The number of nitrogens with zero attached hydrogens (tertiary/aromatic N) is 4. The molecule has 4 rings (SSSR count). The van der Waals surface area contributed by atoms with E-state index in [1.807, 2.05) is 30.9 Å². The minimum Gasteiger partial charge on any atom is -0.465 e. The predicted molar refractivity (Wildman–Crippen MR) is 112 cm³/mol. The maximum Gasteiger partial charge on any atom is 0.407 e. The van der Waals surface area contributed by atoms with Crippen molar-refractivity contribution in [2.24, 2.45) is 5.41 Å². The van der Waals surface area contributed by atoms with Crippen LogP contribution in [0.15, 0.2) is 24.3 Å². The number of piperazine rings is 2. The molecule has 2 saturated heterocycles. The molecule has 0 spiro atoms. The normalized spacial score (nSPS) is 27.1. The molecule has 2 heterocycles. The van der Waals surface area contributed by atoms with Gasteiger partial charge in [-0.2, -0.15) is 0 Å². The number of carbonyl (C=O) groups excluding carboxylic acids is 1. The van der Waals surface area contributed by atoms with Crippen LogP contribution in [0.25, 0.3) is 0 Å². The average molecular weight is 401 g/mol. The number of rotatable bonds is 3. The van der Waals surface area contributed by atoms with E-state index in [1.54, 1.807) is 0 Å². The number of benzene rings is 1. The summed E-state index contributed by atoms with van der Waals surface area (Å²) in [5.74, 6) is 0.175. The Bertz CT molecular complexity index is 769. The number of carbonyl (C=O) groups is 2. The number of hydrogen-bond donors (Lipinski definition) is 1. The van der Waals surface area contributed by atoms with Crippen molar-refractivity contribution in [1.82, 2.24) is 14.7 Å². The Labute approximate surface area is 172 Å². The lowest BCUT2D eigenvalue weighted by atomic mass is 9.97. The van der Waals surface area contributed by atoms with Gasteiger partial charge in [0, 0.05) is 56.4 Å². The van der Waals surface area contributed by atoms with E-state index in [0.29, 0.717) is 13.1 Å². The van der Waals surface area contributed by atoms with Gasteiger partial charge in [-0.05, 0) is 44.5 Å². The molecule has 1 aromatic carbocycles. The Hall–Kier alpha value is -2.28. The van der Waals surface area contributed by atoms with E-state index in [9.17, 15) is 14.7 Å². The van der Waals surface area contributed by atoms with Crippen LogP contribution in [0.2, 0.25) is 0 Å². The number of amides is 2. The average Bonchev–Trinajstić information content (AvgIpc) is 3.46. The van der Waals surface area contributed by atoms with E-state index in [-0.39, 0.29) is 23.4 Å². The van der Waals surface area contributed by atoms with Gasteiger partial charge >= 0.3 is 6.09 Å². The first kappa shape index (κ1) is 20.0. The van der Waals surface area contributed by atoms with E-state index in [2.05, 4.69) is 29.0 Å². The summed E-state index contributed by atoms with van der Waals surface area (Å²) in [6, 6.07) is 7.82. The lowest BCUT2D eigenvalue weighted by molar-refractivity contribution is -0.142. The fourth-order valence-corrected chi connectivity index (χ4v) is 4.48. The molecule has 158 valence electrons. The van der Waals surface area contributed by atoms with Gasteiger partial charge in [0.05, 0.1) is 6.04 Å². The zero-order valence-corrected chi connectivity index (χ0v) is 17.7. The van der Waals surface area contributed by atoms with Gasteiger partial charge in [0.25, 0.3) is 0 Å². The van der Waals surface area contributed by atoms with Crippen molar-refractivity contribution in [1.29, 1.82) is 0 Å². The van der Waals surface area contributed by atoms with Gasteiger partial charge in [-0.15, -0.1) is 0 Å². The van der Waals surface area contributed by atoms with Crippen LogP contribution < -0.4 is 4.90 Å². The third-order valence-corrected chi connectivity index (χ3v) is 6.91. The van der Waals surface area contributed by atoms with Gasteiger partial charge < -0.3 is 19.8 Å². The molecule has 2 aliphatic heterocycles. The maximum absolute atomic E-state index is 13.0. The van der Waals surface area contributed by atoms with Crippen molar-refractivity contribution >= 4 is 17.7 Å². The molecule has 0 bridgehead atoms. The van der Waals surface area contributed by atoms with E-state index in [1.165, 1.54) is 10.6 Å². The van der Waals surface area contributed by atoms with Gasteiger partial charge in [0.2, 0.25) is 5.91 Å². The van der Waals surface area contributed by atoms with Crippen molar-refractivity contribution < 1.29 is 14.7 Å². The Morgan fingerprint density at radius 2 is 1.62 bits per heavy atom. The van der Waals surface area contributed by atoms with Crippen molar-refractivity contribution in [3.8, 4) is 0 Å². The topological polar surface area (TPSA) is 67.3 Å². The SMILES string of the molecule is C[C@@H]1CN(C(=O)O)[C@@H](c2ccc(N3CCN(C)CC3)cc2)CN1C(=O)C1(C)CC1. The number of hydrogen-bond acceptors (Lipinski definition) is 4. The minimum absolute atomic E-state index is 0.100. The fourth-order valence-electron chi connectivity index (χ4n) is 4.48. The predicted octanol–water partition coefficient (Wildman–Crippen LogP) is 2.49. The molecular weight excluding hydrogens is 368 g/mol. The highest BCUT2D eigenvalue weighted by Crippen LogP contribution is 2.47. The fraction of sp³-hybridized carbons (Fsp3) is 0.636. The Morgan fingerprint density at radius 1 is 1.00 bits per heavy atom. The van der Waals surface area contributed by atoms with Crippen LogP contribution in [0, 0.1) is 5.41 Å². The molecule has 0 radical (unpaired) electrons. The summed E-state index contributed by atoms with van der Waals surface area (Å²) in [6.45, 7) is 8.84. The smallest absolute Gasteiger partial charge is 0.407 e. The quantitative estimate of drug-likeness (QED) is 0.844. The van der Waals surface area contributed by atoms with E-state index < -0.39 is 6.09 Å². The third-order valence-electron chi connectivity index (χ3n) is 6.91. The van der Waals surface area contributed by atoms with Crippen LogP contribution in [-0.2, 0) is 4.79 Å². The molecule has 1 aliphatic carbocycles. The summed E-state index contributed by atoms with van der Waals surface area (Å²) >= 11 is 0. The molecule has 3 fully saturated rings. The molecule has 0 unspecified atom stereocenters. The van der Waals surface area contributed by atoms with Gasteiger partial charge in [0.1, 0.15) is 0 Å². The molecule has 1 aromatic rings. The lowest BCUT2D eigenvalue weighted by Crippen LogP contribution is -2.57. The second-order valence-corrected chi connectivity index (χ2v) is 9.20. The summed E-state index contributed by atoms with van der Waals surface area (Å²) in [5, 5.41) is 9.78. The summed E-state index contributed by atoms with van der Waals surface area (Å²) in [4.78, 5) is 33.0. The van der Waals surface area contributed by atoms with Gasteiger partial charge in [-0.25, -0.2) is 4.79 Å². The van der Waals surface area contributed by atoms with Gasteiger partial charge in [-0.3, -0.25) is 9.69 Å². The number of likely N-dealkylation sites (N-methyl/N-ethyl adjacent to an activating group) is 1. The van der Waals surface area contributed by atoms with Crippen molar-refractivity contribution in [2.45, 2.75) is 38.8 Å². The van der Waals surface area contributed by atoms with Crippen LogP contribution in [-0.4, -0.2) is 84.2 Å². The standard InChI is InChI=1S/C22H32N4O3/c1-16-14-26(21(28)29)19(15-25(16)20(27)22(2)8-9-22)17-4-6-18(7-5-17)24-12-10-23(3)11-13-24/h4-7,16,19H,8-15H2,1-3H3,(H,28,29)/t16-,19-/m1/s1. The van der Waals surface area contributed by atoms with E-state index >= 15 is 0 Å². The van der Waals surface area contributed by atoms with Gasteiger partial charge in [-0.1, -0.05) is 19.1 Å². The monoisotopic (exact) mass is 400 g/mol. The van der Waals surface area contributed by atoms with Gasteiger partial charge in [0.15, 0.2) is 0 Å². The molecule has 1 saturated carbocycles. The Kier molecular flexibility index (Phi) is 5.19. The van der Waals surface area contributed by atoms with Crippen molar-refractivity contribution in [3.05, 3.63) is 29.8 Å². The van der Waals surface area contributed by atoms with Crippen LogP contribution in [0.4, 0.5) is 10.5 Å². The molecule has 2 atom stereocenters. The van der Waals surface area contributed by atoms with Crippen LogP contribution in [0.3, 0.4) is 0 Å². The highest BCUT2D eigenvalue weighted by molar-refractivity contribution is 5.85.